The molecule has 0 N–H and O–H groups in total. The number of para-hydroxylation sites is 1. The molecule has 6 heteroatoms. The lowest BCUT2D eigenvalue weighted by molar-refractivity contribution is -0.121. The second kappa shape index (κ2) is 8.49. The molecule has 0 saturated carbocycles. The van der Waals surface area contributed by atoms with Gasteiger partial charge < -0.3 is 14.4 Å². The zero-order chi connectivity index (χ0) is 20.2. The Balaban J connectivity index is 1.74. The first-order valence-corrected chi connectivity index (χ1v) is 9.94. The SMILES string of the molecule is CCCOc1ccc(C2=C(N3CCOCC3)C(=O)N(c3ccccc3)C2=O)cc1. The van der Waals surface area contributed by atoms with Crippen molar-refractivity contribution in [3.05, 3.63) is 65.9 Å². The first kappa shape index (κ1) is 19.2. The van der Waals surface area contributed by atoms with Gasteiger partial charge in [0.05, 0.1) is 31.1 Å². The Hall–Kier alpha value is -3.12. The van der Waals surface area contributed by atoms with E-state index < -0.39 is 0 Å². The zero-order valence-electron chi connectivity index (χ0n) is 16.5. The van der Waals surface area contributed by atoms with Crippen LogP contribution in [0.1, 0.15) is 18.9 Å². The quantitative estimate of drug-likeness (QED) is 0.707. The molecule has 0 aromatic heterocycles. The van der Waals surface area contributed by atoms with Crippen LogP contribution in [0.3, 0.4) is 0 Å². The number of hydrogen-bond donors (Lipinski definition) is 0. The van der Waals surface area contributed by atoms with Gasteiger partial charge in [0.1, 0.15) is 11.4 Å². The van der Waals surface area contributed by atoms with Crippen LogP contribution >= 0.6 is 0 Å². The number of rotatable bonds is 6. The normalized spacial score (nSPS) is 17.3. The number of ether oxygens (including phenoxy) is 2. The minimum absolute atomic E-state index is 0.288. The van der Waals surface area contributed by atoms with E-state index in [0.29, 0.717) is 55.4 Å². The highest BCUT2D eigenvalue weighted by Gasteiger charge is 2.42. The van der Waals surface area contributed by atoms with Gasteiger partial charge in [-0.3, -0.25) is 9.59 Å². The standard InChI is InChI=1S/C23H24N2O4/c1-2-14-29-19-10-8-17(9-11-19)20-21(24-12-15-28-16-13-24)23(27)25(22(20)26)18-6-4-3-5-7-18/h3-11H,2,12-16H2,1H3. The summed E-state index contributed by atoms with van der Waals surface area (Å²) in [5.41, 5.74) is 2.17. The van der Waals surface area contributed by atoms with Crippen molar-refractivity contribution in [2.45, 2.75) is 13.3 Å². The van der Waals surface area contributed by atoms with E-state index in [1.807, 2.05) is 47.4 Å². The summed E-state index contributed by atoms with van der Waals surface area (Å²) in [7, 11) is 0. The molecule has 2 aliphatic heterocycles. The van der Waals surface area contributed by atoms with Crippen LogP contribution in [0, 0.1) is 0 Å². The molecule has 1 fully saturated rings. The molecular weight excluding hydrogens is 368 g/mol. The van der Waals surface area contributed by atoms with Crippen molar-refractivity contribution in [3.8, 4) is 5.75 Å². The summed E-state index contributed by atoms with van der Waals surface area (Å²) < 4.78 is 11.1. The molecule has 1 saturated heterocycles. The lowest BCUT2D eigenvalue weighted by atomic mass is 10.0. The van der Waals surface area contributed by atoms with E-state index in [4.69, 9.17) is 9.47 Å². The molecule has 2 aromatic rings. The van der Waals surface area contributed by atoms with Crippen LogP contribution in [-0.2, 0) is 14.3 Å². The van der Waals surface area contributed by atoms with Crippen molar-refractivity contribution in [2.75, 3.05) is 37.8 Å². The Bertz CT molecular complexity index is 916. The van der Waals surface area contributed by atoms with Gasteiger partial charge in [-0.15, -0.1) is 0 Å². The third kappa shape index (κ3) is 3.76. The number of morpholine rings is 1. The Morgan fingerprint density at radius 1 is 0.931 bits per heavy atom. The molecule has 6 nitrogen and oxygen atoms in total. The average Bonchev–Trinajstić information content (AvgIpc) is 3.04. The van der Waals surface area contributed by atoms with Gasteiger partial charge >= 0.3 is 0 Å². The van der Waals surface area contributed by atoms with Crippen molar-refractivity contribution in [2.24, 2.45) is 0 Å². The summed E-state index contributed by atoms with van der Waals surface area (Å²) in [5.74, 6) is 0.162. The first-order valence-electron chi connectivity index (χ1n) is 9.94. The van der Waals surface area contributed by atoms with Gasteiger partial charge in [0.2, 0.25) is 0 Å². The number of hydrogen-bond acceptors (Lipinski definition) is 5. The number of amides is 2. The van der Waals surface area contributed by atoms with Crippen LogP contribution in [-0.4, -0.2) is 49.6 Å². The molecule has 0 radical (unpaired) electrons. The first-order chi connectivity index (χ1) is 14.2. The Kier molecular flexibility index (Phi) is 5.62. The predicted octanol–water partition coefficient (Wildman–Crippen LogP) is 3.09. The molecule has 4 rings (SSSR count). The van der Waals surface area contributed by atoms with Crippen molar-refractivity contribution in [3.63, 3.8) is 0 Å². The summed E-state index contributed by atoms with van der Waals surface area (Å²) in [6, 6.07) is 16.4. The molecule has 2 amide bonds. The zero-order valence-corrected chi connectivity index (χ0v) is 16.5. The largest absolute Gasteiger partial charge is 0.494 e. The van der Waals surface area contributed by atoms with Crippen LogP contribution < -0.4 is 9.64 Å². The van der Waals surface area contributed by atoms with Crippen LogP contribution in [0.4, 0.5) is 5.69 Å². The van der Waals surface area contributed by atoms with E-state index in [2.05, 4.69) is 6.92 Å². The number of anilines is 1. The van der Waals surface area contributed by atoms with Crippen LogP contribution in [0.25, 0.3) is 5.57 Å². The lowest BCUT2D eigenvalue weighted by Gasteiger charge is -2.29. The maximum absolute atomic E-state index is 13.4. The fourth-order valence-electron chi connectivity index (χ4n) is 3.61. The third-order valence-electron chi connectivity index (χ3n) is 5.02. The minimum Gasteiger partial charge on any atom is -0.494 e. The fraction of sp³-hybridized carbons (Fsp3) is 0.304. The highest BCUT2D eigenvalue weighted by Crippen LogP contribution is 2.35. The van der Waals surface area contributed by atoms with Gasteiger partial charge in [-0.1, -0.05) is 37.3 Å². The molecule has 150 valence electrons. The summed E-state index contributed by atoms with van der Waals surface area (Å²) in [6.45, 7) is 4.92. The van der Waals surface area contributed by atoms with Crippen LogP contribution in [0.2, 0.25) is 0 Å². The van der Waals surface area contributed by atoms with Crippen LogP contribution in [0.5, 0.6) is 5.75 Å². The monoisotopic (exact) mass is 392 g/mol. The van der Waals surface area contributed by atoms with Gasteiger partial charge in [-0.2, -0.15) is 0 Å². The molecule has 0 spiro atoms. The Morgan fingerprint density at radius 2 is 1.62 bits per heavy atom. The highest BCUT2D eigenvalue weighted by atomic mass is 16.5. The summed E-state index contributed by atoms with van der Waals surface area (Å²) in [5, 5.41) is 0. The van der Waals surface area contributed by atoms with E-state index in [1.54, 1.807) is 12.1 Å². The molecule has 0 unspecified atom stereocenters. The van der Waals surface area contributed by atoms with Gasteiger partial charge in [0, 0.05) is 13.1 Å². The summed E-state index contributed by atoms with van der Waals surface area (Å²) in [4.78, 5) is 30.0. The maximum atomic E-state index is 13.4. The highest BCUT2D eigenvalue weighted by molar-refractivity contribution is 6.45. The number of carbonyl (C=O) groups excluding carboxylic acids is 2. The molecule has 0 aliphatic carbocycles. The molecule has 2 aliphatic rings. The second-order valence-corrected chi connectivity index (χ2v) is 6.98. The number of benzene rings is 2. The van der Waals surface area contributed by atoms with E-state index in [9.17, 15) is 9.59 Å². The van der Waals surface area contributed by atoms with Crippen molar-refractivity contribution in [1.82, 2.24) is 4.90 Å². The average molecular weight is 392 g/mol. The van der Waals surface area contributed by atoms with Gasteiger partial charge in [-0.25, -0.2) is 4.90 Å². The van der Waals surface area contributed by atoms with E-state index in [0.717, 1.165) is 12.2 Å². The van der Waals surface area contributed by atoms with E-state index in [1.165, 1.54) is 4.90 Å². The number of carbonyl (C=O) groups is 2. The molecule has 0 atom stereocenters. The predicted molar refractivity (Wildman–Crippen MR) is 110 cm³/mol. The van der Waals surface area contributed by atoms with Gasteiger partial charge in [0.15, 0.2) is 0 Å². The van der Waals surface area contributed by atoms with Crippen molar-refractivity contribution in [1.29, 1.82) is 0 Å². The molecular formula is C23H24N2O4. The van der Waals surface area contributed by atoms with Crippen molar-refractivity contribution >= 4 is 23.1 Å². The molecule has 0 bridgehead atoms. The lowest BCUT2D eigenvalue weighted by Crippen LogP contribution is -2.40. The van der Waals surface area contributed by atoms with Crippen LogP contribution in [0.15, 0.2) is 60.3 Å². The fourth-order valence-corrected chi connectivity index (χ4v) is 3.61. The smallest absolute Gasteiger partial charge is 0.282 e. The number of nitrogens with zero attached hydrogens (tertiary/aromatic N) is 2. The topological polar surface area (TPSA) is 59.1 Å². The third-order valence-corrected chi connectivity index (χ3v) is 5.02. The molecule has 2 heterocycles. The van der Waals surface area contributed by atoms with Crippen molar-refractivity contribution < 1.29 is 19.1 Å². The summed E-state index contributed by atoms with van der Waals surface area (Å²) >= 11 is 0. The van der Waals surface area contributed by atoms with Gasteiger partial charge in [0.25, 0.3) is 11.8 Å². The Morgan fingerprint density at radius 3 is 2.28 bits per heavy atom. The molecule has 29 heavy (non-hydrogen) atoms. The maximum Gasteiger partial charge on any atom is 0.282 e. The van der Waals surface area contributed by atoms with E-state index >= 15 is 0 Å². The minimum atomic E-state index is -0.301. The van der Waals surface area contributed by atoms with Gasteiger partial charge in [-0.05, 0) is 36.2 Å². The van der Waals surface area contributed by atoms with E-state index in [-0.39, 0.29) is 11.8 Å². The number of imide groups is 1. The Labute approximate surface area is 170 Å². The molecule has 2 aromatic carbocycles. The second-order valence-electron chi connectivity index (χ2n) is 6.98. The summed E-state index contributed by atoms with van der Waals surface area (Å²) in [6.07, 6.45) is 0.924.